The molecule has 5 N–H and O–H groups in total. The molecule has 0 atom stereocenters. The molecule has 0 amide bonds. The molecule has 0 heterocycles. The van der Waals surface area contributed by atoms with Crippen LogP contribution in [0.4, 0.5) is 0 Å². The summed E-state index contributed by atoms with van der Waals surface area (Å²) in [7, 11) is -1.40. The molecule has 1 aromatic rings. The van der Waals surface area contributed by atoms with Crippen molar-refractivity contribution in [2.75, 3.05) is 6.54 Å². The normalized spacial score (nSPS) is 10.6. The van der Waals surface area contributed by atoms with Gasteiger partial charge in [0.25, 0.3) is 0 Å². The minimum Gasteiger partial charge on any atom is -0.423 e. The molecule has 5 heteroatoms. The molecule has 0 saturated carbocycles. The number of rotatable bonds is 5. The fourth-order valence-electron chi connectivity index (χ4n) is 1.14. The second kappa shape index (κ2) is 6.24. The Kier molecular flexibility index (Phi) is 4.90. The first-order valence-electron chi connectivity index (χ1n) is 4.77. The van der Waals surface area contributed by atoms with Gasteiger partial charge in [0.15, 0.2) is 0 Å². The monoisotopic (exact) mass is 206 g/mol. The van der Waals surface area contributed by atoms with Gasteiger partial charge in [-0.3, -0.25) is 0 Å². The molecule has 0 aliphatic heterocycles. The number of benzene rings is 1. The van der Waals surface area contributed by atoms with Crippen LogP contribution in [0.25, 0.3) is 0 Å². The Balaban J connectivity index is 2.46. The van der Waals surface area contributed by atoms with Crippen molar-refractivity contribution in [3.05, 3.63) is 42.1 Å². The van der Waals surface area contributed by atoms with Crippen LogP contribution in [0.1, 0.15) is 5.56 Å². The summed E-state index contributed by atoms with van der Waals surface area (Å²) in [6.07, 6.45) is 3.63. The summed E-state index contributed by atoms with van der Waals surface area (Å²) in [5.41, 5.74) is 6.85. The third kappa shape index (κ3) is 4.16. The molecular weight excluding hydrogens is 191 g/mol. The van der Waals surface area contributed by atoms with E-state index in [9.17, 15) is 0 Å². The molecule has 0 aliphatic rings. The molecule has 0 aliphatic carbocycles. The van der Waals surface area contributed by atoms with Crippen LogP contribution in [-0.4, -0.2) is 23.7 Å². The Bertz CT molecular complexity index is 312. The fraction of sp³-hybridized carbons (Fsp3) is 0.200. The second-order valence-electron chi connectivity index (χ2n) is 3.13. The molecule has 0 bridgehead atoms. The maximum Gasteiger partial charge on any atom is 0.488 e. The highest BCUT2D eigenvalue weighted by Gasteiger charge is 2.09. The van der Waals surface area contributed by atoms with Crippen LogP contribution < -0.4 is 16.5 Å². The molecule has 0 radical (unpaired) electrons. The lowest BCUT2D eigenvalue weighted by atomic mass is 9.80. The van der Waals surface area contributed by atoms with E-state index in [0.717, 1.165) is 5.56 Å². The average Bonchev–Trinajstić information content (AvgIpc) is 2.25. The van der Waals surface area contributed by atoms with Gasteiger partial charge in [-0.1, -0.05) is 30.3 Å². The van der Waals surface area contributed by atoms with Gasteiger partial charge in [-0.05, 0) is 17.2 Å². The van der Waals surface area contributed by atoms with E-state index in [-0.39, 0.29) is 0 Å². The zero-order valence-corrected chi connectivity index (χ0v) is 8.43. The Labute approximate surface area is 89.6 Å². The van der Waals surface area contributed by atoms with E-state index in [4.69, 9.17) is 15.8 Å². The van der Waals surface area contributed by atoms with E-state index in [2.05, 4.69) is 5.32 Å². The standard InChI is InChI=1S/C10H15BN2O2/c12-6-1-7-13-8-9-2-4-10(5-3-9)11(14)15/h1-5,7,13-15H,6,8,12H2/b7-1-. The van der Waals surface area contributed by atoms with Crippen LogP contribution in [-0.2, 0) is 6.54 Å². The smallest absolute Gasteiger partial charge is 0.423 e. The van der Waals surface area contributed by atoms with Crippen molar-refractivity contribution in [3.63, 3.8) is 0 Å². The molecule has 15 heavy (non-hydrogen) atoms. The van der Waals surface area contributed by atoms with Crippen molar-refractivity contribution in [2.45, 2.75) is 6.54 Å². The third-order valence-electron chi connectivity index (χ3n) is 1.96. The molecular formula is C10H15BN2O2. The molecule has 0 fully saturated rings. The van der Waals surface area contributed by atoms with Gasteiger partial charge in [0.2, 0.25) is 0 Å². The van der Waals surface area contributed by atoms with Crippen molar-refractivity contribution in [2.24, 2.45) is 5.73 Å². The van der Waals surface area contributed by atoms with Crippen molar-refractivity contribution in [3.8, 4) is 0 Å². The number of hydrogen-bond acceptors (Lipinski definition) is 4. The van der Waals surface area contributed by atoms with Crippen molar-refractivity contribution in [1.29, 1.82) is 0 Å². The summed E-state index contributed by atoms with van der Waals surface area (Å²) in [6, 6.07) is 7.07. The highest BCUT2D eigenvalue weighted by molar-refractivity contribution is 6.58. The summed E-state index contributed by atoms with van der Waals surface area (Å²) in [6.45, 7) is 1.21. The van der Waals surface area contributed by atoms with E-state index in [1.807, 2.05) is 18.2 Å². The van der Waals surface area contributed by atoms with E-state index < -0.39 is 7.12 Å². The topological polar surface area (TPSA) is 78.5 Å². The first-order valence-corrected chi connectivity index (χ1v) is 4.77. The van der Waals surface area contributed by atoms with Crippen LogP contribution in [0.15, 0.2) is 36.5 Å². The van der Waals surface area contributed by atoms with Crippen molar-refractivity contribution < 1.29 is 10.0 Å². The highest BCUT2D eigenvalue weighted by Crippen LogP contribution is 1.96. The summed E-state index contributed by atoms with van der Waals surface area (Å²) in [5, 5.41) is 20.8. The van der Waals surface area contributed by atoms with Gasteiger partial charge in [-0.25, -0.2) is 0 Å². The average molecular weight is 206 g/mol. The molecule has 0 aromatic heterocycles. The molecule has 0 saturated heterocycles. The Morgan fingerprint density at radius 2 is 1.93 bits per heavy atom. The molecule has 4 nitrogen and oxygen atoms in total. The lowest BCUT2D eigenvalue weighted by Gasteiger charge is -2.03. The van der Waals surface area contributed by atoms with Gasteiger partial charge < -0.3 is 21.1 Å². The van der Waals surface area contributed by atoms with Gasteiger partial charge in [-0.2, -0.15) is 0 Å². The number of nitrogens with two attached hydrogens (primary N) is 1. The lowest BCUT2D eigenvalue weighted by Crippen LogP contribution is -2.29. The molecule has 0 spiro atoms. The van der Waals surface area contributed by atoms with E-state index in [0.29, 0.717) is 18.6 Å². The lowest BCUT2D eigenvalue weighted by molar-refractivity contribution is 0.426. The summed E-state index contributed by atoms with van der Waals surface area (Å²) < 4.78 is 0. The van der Waals surface area contributed by atoms with Gasteiger partial charge in [0.05, 0.1) is 0 Å². The zero-order chi connectivity index (χ0) is 11.1. The maximum absolute atomic E-state index is 8.88. The molecule has 80 valence electrons. The predicted octanol–water partition coefficient (Wildman–Crippen LogP) is -1.07. The number of nitrogens with one attached hydrogen (secondary N) is 1. The van der Waals surface area contributed by atoms with Crippen LogP contribution in [0, 0.1) is 0 Å². The SMILES string of the molecule is NC/C=C\NCc1ccc(B(O)O)cc1. The Hall–Kier alpha value is -1.30. The van der Waals surface area contributed by atoms with Crippen molar-refractivity contribution >= 4 is 12.6 Å². The van der Waals surface area contributed by atoms with E-state index in [1.54, 1.807) is 18.3 Å². The van der Waals surface area contributed by atoms with Crippen LogP contribution in [0.5, 0.6) is 0 Å². The molecule has 1 rings (SSSR count). The van der Waals surface area contributed by atoms with Gasteiger partial charge in [-0.15, -0.1) is 0 Å². The van der Waals surface area contributed by atoms with Crippen molar-refractivity contribution in [1.82, 2.24) is 5.32 Å². The highest BCUT2D eigenvalue weighted by atomic mass is 16.4. The maximum atomic E-state index is 8.88. The number of hydrogen-bond donors (Lipinski definition) is 4. The Morgan fingerprint density at radius 1 is 1.27 bits per heavy atom. The van der Waals surface area contributed by atoms with Gasteiger partial charge in [0, 0.05) is 13.1 Å². The second-order valence-corrected chi connectivity index (χ2v) is 3.13. The Morgan fingerprint density at radius 3 is 2.47 bits per heavy atom. The first kappa shape index (κ1) is 11.8. The predicted molar refractivity (Wildman–Crippen MR) is 61.3 cm³/mol. The fourth-order valence-corrected chi connectivity index (χ4v) is 1.14. The largest absolute Gasteiger partial charge is 0.488 e. The summed E-state index contributed by atoms with van der Waals surface area (Å²) in [4.78, 5) is 0. The first-order chi connectivity index (χ1) is 7.24. The quantitative estimate of drug-likeness (QED) is 0.462. The minimum atomic E-state index is -1.40. The van der Waals surface area contributed by atoms with Crippen LogP contribution >= 0.6 is 0 Å². The minimum absolute atomic E-state index is 0.497. The van der Waals surface area contributed by atoms with Crippen LogP contribution in [0.3, 0.4) is 0 Å². The summed E-state index contributed by atoms with van der Waals surface area (Å²) in [5.74, 6) is 0. The molecule has 0 unspecified atom stereocenters. The third-order valence-corrected chi connectivity index (χ3v) is 1.96. The molecule has 1 aromatic carbocycles. The summed E-state index contributed by atoms with van der Waals surface area (Å²) >= 11 is 0. The van der Waals surface area contributed by atoms with E-state index in [1.165, 1.54) is 0 Å². The van der Waals surface area contributed by atoms with Gasteiger partial charge in [0.1, 0.15) is 0 Å². The van der Waals surface area contributed by atoms with E-state index >= 15 is 0 Å². The van der Waals surface area contributed by atoms with Gasteiger partial charge >= 0.3 is 7.12 Å². The van der Waals surface area contributed by atoms with Crippen LogP contribution in [0.2, 0.25) is 0 Å². The zero-order valence-electron chi connectivity index (χ0n) is 8.43.